The monoisotopic (exact) mass is 494 g/mol. The molecular formula is C32H48NO3+. The zero-order valence-corrected chi connectivity index (χ0v) is 22.6. The normalized spacial score (nSPS) is 10.9. The van der Waals surface area contributed by atoms with Crippen LogP contribution < -0.4 is 4.57 Å². The molecular weight excluding hydrogens is 446 g/mol. The minimum atomic E-state index is -0.294. The predicted octanol–water partition coefficient (Wildman–Crippen LogP) is 8.28. The van der Waals surface area contributed by atoms with Crippen molar-refractivity contribution in [3.8, 4) is 0 Å². The fourth-order valence-corrected chi connectivity index (χ4v) is 4.48. The second-order valence-corrected chi connectivity index (χ2v) is 9.99. The summed E-state index contributed by atoms with van der Waals surface area (Å²) < 4.78 is 7.20. The van der Waals surface area contributed by atoms with Crippen molar-refractivity contribution >= 4 is 11.8 Å². The van der Waals surface area contributed by atoms with Crippen molar-refractivity contribution in [1.29, 1.82) is 0 Å². The van der Waals surface area contributed by atoms with Gasteiger partial charge in [0, 0.05) is 17.7 Å². The number of ether oxygens (including phenoxy) is 1. The highest BCUT2D eigenvalue weighted by atomic mass is 16.5. The predicted molar refractivity (Wildman–Crippen MR) is 147 cm³/mol. The number of Topliss-reactive ketones (excluding diaryl/α,β-unsaturated/α-hetero) is 1. The maximum absolute atomic E-state index is 12.3. The number of hydrogen-bond acceptors (Lipinski definition) is 3. The third-order valence-corrected chi connectivity index (χ3v) is 6.78. The molecule has 0 radical (unpaired) electrons. The molecule has 0 aliphatic rings. The molecule has 1 heterocycles. The maximum atomic E-state index is 12.3. The summed E-state index contributed by atoms with van der Waals surface area (Å²) in [4.78, 5) is 24.6. The van der Waals surface area contributed by atoms with E-state index >= 15 is 0 Å². The first-order valence-electron chi connectivity index (χ1n) is 14.4. The molecule has 0 N–H and O–H groups in total. The third kappa shape index (κ3) is 13.6. The van der Waals surface area contributed by atoms with Gasteiger partial charge in [0.05, 0.1) is 12.2 Å². The summed E-state index contributed by atoms with van der Waals surface area (Å²) in [7, 11) is 0. The van der Waals surface area contributed by atoms with Gasteiger partial charge in [0.25, 0.3) is 0 Å². The Balaban J connectivity index is 1.42. The van der Waals surface area contributed by atoms with Crippen LogP contribution in [-0.4, -0.2) is 18.4 Å². The molecule has 2 aromatic rings. The van der Waals surface area contributed by atoms with Crippen molar-refractivity contribution in [1.82, 2.24) is 0 Å². The number of carbonyl (C=O) groups is 2. The van der Waals surface area contributed by atoms with Gasteiger partial charge in [-0.3, -0.25) is 4.79 Å². The average molecular weight is 495 g/mol. The van der Waals surface area contributed by atoms with Gasteiger partial charge in [-0.05, 0) is 6.42 Å². The zero-order chi connectivity index (χ0) is 25.7. The molecule has 0 unspecified atom stereocenters. The highest BCUT2D eigenvalue weighted by Crippen LogP contribution is 2.14. The maximum Gasteiger partial charge on any atom is 0.338 e. The molecule has 1 aromatic carbocycles. The zero-order valence-electron chi connectivity index (χ0n) is 22.6. The summed E-state index contributed by atoms with van der Waals surface area (Å²) in [6, 6.07) is 12.7. The lowest BCUT2D eigenvalue weighted by Gasteiger charge is -2.05. The SMILES string of the molecule is CCCCCCCCCCCCCCCCCCOC(=O)c1cc[n+](CC(=O)c2ccccc2)cc1. The number of benzene rings is 1. The van der Waals surface area contributed by atoms with Crippen LogP contribution >= 0.6 is 0 Å². The van der Waals surface area contributed by atoms with E-state index in [0.717, 1.165) is 12.8 Å². The van der Waals surface area contributed by atoms with Gasteiger partial charge in [-0.25, -0.2) is 4.79 Å². The van der Waals surface area contributed by atoms with E-state index < -0.39 is 0 Å². The molecule has 36 heavy (non-hydrogen) atoms. The van der Waals surface area contributed by atoms with Crippen LogP contribution in [0.5, 0.6) is 0 Å². The standard InChI is InChI=1S/C32H48NO3/c1-2-3-4-5-6-7-8-9-10-11-12-13-14-15-16-20-27-36-32(35)30-23-25-33(26-24-30)28-31(34)29-21-18-17-19-22-29/h17-19,21-26H,2-16,20,27-28H2,1H3/q+1. The highest BCUT2D eigenvalue weighted by Gasteiger charge is 2.14. The van der Waals surface area contributed by atoms with Gasteiger partial charge in [0.15, 0.2) is 12.4 Å². The van der Waals surface area contributed by atoms with Gasteiger partial charge in [0.2, 0.25) is 12.3 Å². The van der Waals surface area contributed by atoms with Crippen LogP contribution in [0.3, 0.4) is 0 Å². The molecule has 0 atom stereocenters. The van der Waals surface area contributed by atoms with Crippen LogP contribution in [0.2, 0.25) is 0 Å². The molecule has 4 nitrogen and oxygen atoms in total. The van der Waals surface area contributed by atoms with Crippen molar-refractivity contribution in [3.05, 3.63) is 66.0 Å². The number of esters is 1. The first-order valence-corrected chi connectivity index (χ1v) is 14.4. The summed E-state index contributed by atoms with van der Waals surface area (Å²) in [6.45, 7) is 3.00. The van der Waals surface area contributed by atoms with Crippen molar-refractivity contribution in [2.45, 2.75) is 116 Å². The van der Waals surface area contributed by atoms with E-state index in [1.54, 1.807) is 29.1 Å². The fourth-order valence-electron chi connectivity index (χ4n) is 4.48. The Morgan fingerprint density at radius 3 is 1.58 bits per heavy atom. The Morgan fingerprint density at radius 2 is 1.08 bits per heavy atom. The number of rotatable bonds is 21. The van der Waals surface area contributed by atoms with Crippen molar-refractivity contribution in [2.24, 2.45) is 0 Å². The summed E-state index contributed by atoms with van der Waals surface area (Å²) in [6.07, 6.45) is 24.8. The Bertz CT molecular complexity index is 832. The average Bonchev–Trinajstić information content (AvgIpc) is 2.91. The Labute approximate surface area is 219 Å². The molecule has 0 aliphatic carbocycles. The molecule has 0 fully saturated rings. The second-order valence-electron chi connectivity index (χ2n) is 9.99. The van der Waals surface area contributed by atoms with Crippen LogP contribution in [0.4, 0.5) is 0 Å². The topological polar surface area (TPSA) is 47.2 Å². The quantitative estimate of drug-likeness (QED) is 0.0759. The number of unbranched alkanes of at least 4 members (excludes halogenated alkanes) is 15. The van der Waals surface area contributed by atoms with E-state index in [2.05, 4.69) is 6.92 Å². The summed E-state index contributed by atoms with van der Waals surface area (Å²) >= 11 is 0. The Hall–Kier alpha value is -2.49. The van der Waals surface area contributed by atoms with Gasteiger partial charge >= 0.3 is 5.97 Å². The third-order valence-electron chi connectivity index (χ3n) is 6.78. The minimum absolute atomic E-state index is 0.0411. The van der Waals surface area contributed by atoms with Gasteiger partial charge in [-0.1, -0.05) is 134 Å². The summed E-state index contributed by atoms with van der Waals surface area (Å²) in [5, 5.41) is 0. The molecule has 0 amide bonds. The number of ketones is 1. The first-order chi connectivity index (χ1) is 17.7. The minimum Gasteiger partial charge on any atom is -0.462 e. The Morgan fingerprint density at radius 1 is 0.611 bits per heavy atom. The van der Waals surface area contributed by atoms with Crippen molar-refractivity contribution in [2.75, 3.05) is 6.61 Å². The second kappa shape index (κ2) is 19.7. The summed E-state index contributed by atoms with van der Waals surface area (Å²) in [5.74, 6) is -0.253. The van der Waals surface area contributed by atoms with Crippen LogP contribution in [0.1, 0.15) is 130 Å². The smallest absolute Gasteiger partial charge is 0.338 e. The van der Waals surface area contributed by atoms with Crippen LogP contribution in [0.25, 0.3) is 0 Å². The van der Waals surface area contributed by atoms with E-state index in [0.29, 0.717) is 17.7 Å². The van der Waals surface area contributed by atoms with Crippen LogP contribution in [0, 0.1) is 0 Å². The van der Waals surface area contributed by atoms with E-state index in [1.807, 2.05) is 30.3 Å². The highest BCUT2D eigenvalue weighted by molar-refractivity contribution is 5.95. The lowest BCUT2D eigenvalue weighted by Crippen LogP contribution is -2.37. The summed E-state index contributed by atoms with van der Waals surface area (Å²) in [5.41, 5.74) is 1.21. The molecule has 1 aromatic heterocycles. The molecule has 4 heteroatoms. The van der Waals surface area contributed by atoms with E-state index in [4.69, 9.17) is 4.74 Å². The van der Waals surface area contributed by atoms with Gasteiger partial charge in [0.1, 0.15) is 0 Å². The van der Waals surface area contributed by atoms with E-state index in [9.17, 15) is 9.59 Å². The largest absolute Gasteiger partial charge is 0.462 e. The van der Waals surface area contributed by atoms with Crippen molar-refractivity contribution in [3.63, 3.8) is 0 Å². The van der Waals surface area contributed by atoms with E-state index in [1.165, 1.54) is 89.9 Å². The lowest BCUT2D eigenvalue weighted by molar-refractivity contribution is -0.683. The van der Waals surface area contributed by atoms with Crippen LogP contribution in [0.15, 0.2) is 54.9 Å². The van der Waals surface area contributed by atoms with Gasteiger partial charge < -0.3 is 4.74 Å². The molecule has 2 rings (SSSR count). The van der Waals surface area contributed by atoms with Crippen LogP contribution in [-0.2, 0) is 11.3 Å². The molecule has 198 valence electrons. The van der Waals surface area contributed by atoms with Gasteiger partial charge in [-0.2, -0.15) is 4.57 Å². The number of pyridine rings is 1. The van der Waals surface area contributed by atoms with Crippen molar-refractivity contribution < 1.29 is 18.9 Å². The fraction of sp³-hybridized carbons (Fsp3) is 0.594. The van der Waals surface area contributed by atoms with Gasteiger partial charge in [-0.15, -0.1) is 0 Å². The first kappa shape index (κ1) is 29.7. The number of nitrogens with zero attached hydrogens (tertiary/aromatic N) is 1. The molecule has 0 saturated heterocycles. The van der Waals surface area contributed by atoms with E-state index in [-0.39, 0.29) is 18.3 Å². The Kier molecular flexibility index (Phi) is 16.2. The lowest BCUT2D eigenvalue weighted by atomic mass is 10.0. The molecule has 0 aliphatic heterocycles. The molecule has 0 bridgehead atoms. The number of aromatic nitrogens is 1. The molecule has 0 saturated carbocycles. The number of hydrogen-bond donors (Lipinski definition) is 0. The number of carbonyl (C=O) groups excluding carboxylic acids is 2. The molecule has 0 spiro atoms.